The van der Waals surface area contributed by atoms with E-state index in [9.17, 15) is 24.0 Å². The second-order valence-electron chi connectivity index (χ2n) is 5.93. The maximum Gasteiger partial charge on any atom is 0.330 e. The highest BCUT2D eigenvalue weighted by Crippen LogP contribution is 2.36. The number of aromatic amines is 1. The van der Waals surface area contributed by atoms with Gasteiger partial charge in [-0.1, -0.05) is 0 Å². The molecular formula is C16H20N2O9. The van der Waals surface area contributed by atoms with Crippen LogP contribution in [0.2, 0.25) is 0 Å². The van der Waals surface area contributed by atoms with Gasteiger partial charge in [0.2, 0.25) is 0 Å². The summed E-state index contributed by atoms with van der Waals surface area (Å²) in [6, 6.07) is 1.11. The summed E-state index contributed by atoms with van der Waals surface area (Å²) in [6.45, 7) is 3.21. The van der Waals surface area contributed by atoms with E-state index in [-0.39, 0.29) is 13.2 Å². The number of nitrogens with zero attached hydrogens (tertiary/aromatic N) is 1. The SMILES string of the molecule is CC(=O)OC[C@@H]1[C@H](OC(C)=O)[C@@H](n2ccc(=O)[nH]c2=O)O[C@H]1COC(C)=O. The number of aromatic nitrogens is 2. The lowest BCUT2D eigenvalue weighted by molar-refractivity contribution is -0.155. The number of carbonyl (C=O) groups excluding carboxylic acids is 3. The second kappa shape index (κ2) is 8.62. The van der Waals surface area contributed by atoms with Gasteiger partial charge >= 0.3 is 23.6 Å². The van der Waals surface area contributed by atoms with Gasteiger partial charge in [-0.2, -0.15) is 0 Å². The fraction of sp³-hybridized carbons (Fsp3) is 0.562. The molecule has 11 heteroatoms. The molecule has 0 spiro atoms. The van der Waals surface area contributed by atoms with Crippen LogP contribution in [0.1, 0.15) is 27.0 Å². The third kappa shape index (κ3) is 5.26. The Balaban J connectivity index is 2.39. The summed E-state index contributed by atoms with van der Waals surface area (Å²) in [5.41, 5.74) is -1.38. The first-order valence-corrected chi connectivity index (χ1v) is 8.10. The van der Waals surface area contributed by atoms with Crippen molar-refractivity contribution in [2.75, 3.05) is 13.2 Å². The summed E-state index contributed by atoms with van der Waals surface area (Å²) in [5, 5.41) is 0. The van der Waals surface area contributed by atoms with E-state index in [1.165, 1.54) is 27.0 Å². The molecule has 148 valence electrons. The number of rotatable bonds is 6. The fourth-order valence-corrected chi connectivity index (χ4v) is 2.75. The molecule has 2 rings (SSSR count). The third-order valence-corrected chi connectivity index (χ3v) is 3.85. The number of H-pyrrole nitrogens is 1. The number of hydrogen-bond donors (Lipinski definition) is 1. The van der Waals surface area contributed by atoms with Crippen molar-refractivity contribution in [3.8, 4) is 0 Å². The summed E-state index contributed by atoms with van der Waals surface area (Å²) in [4.78, 5) is 59.4. The average Bonchev–Trinajstić information content (AvgIpc) is 2.87. The second-order valence-corrected chi connectivity index (χ2v) is 5.93. The van der Waals surface area contributed by atoms with Crippen molar-refractivity contribution in [3.63, 3.8) is 0 Å². The minimum atomic E-state index is -1.11. The minimum absolute atomic E-state index is 0.187. The lowest BCUT2D eigenvalue weighted by atomic mass is 9.99. The van der Waals surface area contributed by atoms with Crippen molar-refractivity contribution < 1.29 is 33.3 Å². The zero-order chi connectivity index (χ0) is 20.1. The normalized spacial score (nSPS) is 24.3. The van der Waals surface area contributed by atoms with Gasteiger partial charge in [0.15, 0.2) is 12.3 Å². The Morgan fingerprint density at radius 3 is 2.26 bits per heavy atom. The van der Waals surface area contributed by atoms with Crippen molar-refractivity contribution in [1.29, 1.82) is 0 Å². The summed E-state index contributed by atoms with van der Waals surface area (Å²) in [5.74, 6) is -2.47. The van der Waals surface area contributed by atoms with Gasteiger partial charge in [0.05, 0.1) is 5.92 Å². The smallest absolute Gasteiger partial charge is 0.330 e. The fourth-order valence-electron chi connectivity index (χ4n) is 2.75. The van der Waals surface area contributed by atoms with Gasteiger partial charge in [-0.15, -0.1) is 0 Å². The molecule has 0 bridgehead atoms. The van der Waals surface area contributed by atoms with Crippen molar-refractivity contribution >= 4 is 17.9 Å². The molecule has 4 atom stereocenters. The molecule has 1 aromatic heterocycles. The Kier molecular flexibility index (Phi) is 6.50. The molecular weight excluding hydrogens is 364 g/mol. The zero-order valence-corrected chi connectivity index (χ0v) is 15.0. The number of carbonyl (C=O) groups is 3. The minimum Gasteiger partial charge on any atom is -0.465 e. The zero-order valence-electron chi connectivity index (χ0n) is 15.0. The number of ether oxygens (including phenoxy) is 4. The van der Waals surface area contributed by atoms with Crippen LogP contribution in [0.5, 0.6) is 0 Å². The molecule has 0 radical (unpaired) electrons. The van der Waals surface area contributed by atoms with E-state index in [1.54, 1.807) is 0 Å². The molecule has 27 heavy (non-hydrogen) atoms. The van der Waals surface area contributed by atoms with Gasteiger partial charge < -0.3 is 18.9 Å². The highest BCUT2D eigenvalue weighted by molar-refractivity contribution is 5.67. The monoisotopic (exact) mass is 384 g/mol. The topological polar surface area (TPSA) is 143 Å². The van der Waals surface area contributed by atoms with Crippen LogP contribution in [-0.2, 0) is 33.3 Å². The van der Waals surface area contributed by atoms with Gasteiger partial charge in [0, 0.05) is 33.0 Å². The highest BCUT2D eigenvalue weighted by Gasteiger charge is 2.49. The lowest BCUT2D eigenvalue weighted by Gasteiger charge is -2.23. The van der Waals surface area contributed by atoms with Gasteiger partial charge in [0.1, 0.15) is 19.3 Å². The molecule has 0 amide bonds. The third-order valence-electron chi connectivity index (χ3n) is 3.85. The first-order chi connectivity index (χ1) is 12.7. The molecule has 1 saturated heterocycles. The Morgan fingerprint density at radius 1 is 1.07 bits per heavy atom. The predicted octanol–water partition coefficient (Wildman–Crippen LogP) is -0.892. The quantitative estimate of drug-likeness (QED) is 0.488. The molecule has 1 fully saturated rings. The molecule has 0 aliphatic carbocycles. The van der Waals surface area contributed by atoms with Crippen LogP contribution in [-0.4, -0.2) is 52.9 Å². The molecule has 1 aromatic rings. The van der Waals surface area contributed by atoms with Crippen molar-refractivity contribution in [3.05, 3.63) is 33.1 Å². The number of esters is 3. The van der Waals surface area contributed by atoms with Crippen LogP contribution in [0.3, 0.4) is 0 Å². The summed E-state index contributed by atoms with van der Waals surface area (Å²) in [7, 11) is 0. The van der Waals surface area contributed by atoms with Gasteiger partial charge in [-0.05, 0) is 0 Å². The van der Waals surface area contributed by atoms with Crippen molar-refractivity contribution in [2.24, 2.45) is 5.92 Å². The van der Waals surface area contributed by atoms with E-state index >= 15 is 0 Å². The number of hydrogen-bond acceptors (Lipinski definition) is 9. The molecule has 1 N–H and O–H groups in total. The molecule has 0 saturated carbocycles. The Morgan fingerprint density at radius 2 is 1.70 bits per heavy atom. The van der Waals surface area contributed by atoms with E-state index in [2.05, 4.69) is 4.98 Å². The van der Waals surface area contributed by atoms with Gasteiger partial charge in [-0.3, -0.25) is 28.7 Å². The average molecular weight is 384 g/mol. The molecule has 1 aliphatic rings. The van der Waals surface area contributed by atoms with E-state index in [0.29, 0.717) is 0 Å². The summed E-state index contributed by atoms with van der Waals surface area (Å²) in [6.07, 6.45) is -1.76. The largest absolute Gasteiger partial charge is 0.465 e. The van der Waals surface area contributed by atoms with Crippen molar-refractivity contribution in [1.82, 2.24) is 9.55 Å². The maximum absolute atomic E-state index is 12.1. The van der Waals surface area contributed by atoms with Gasteiger partial charge in [0.25, 0.3) is 5.56 Å². The standard InChI is InChI=1S/C16H20N2O9/c1-8(19)24-6-11-12(7-25-9(2)20)27-15(14(11)26-10(3)21)18-5-4-13(22)17-16(18)23/h4-5,11-12,14-15H,6-7H2,1-3H3,(H,17,22,23)/t11-,12-,14-,15-/m0/s1. The van der Waals surface area contributed by atoms with Crippen LogP contribution in [0.25, 0.3) is 0 Å². The van der Waals surface area contributed by atoms with Crippen LogP contribution in [0, 0.1) is 5.92 Å². The van der Waals surface area contributed by atoms with Gasteiger partial charge in [-0.25, -0.2) is 4.79 Å². The van der Waals surface area contributed by atoms with E-state index < -0.39 is 53.5 Å². The number of nitrogens with one attached hydrogen (secondary N) is 1. The summed E-state index contributed by atoms with van der Waals surface area (Å²) < 4.78 is 22.1. The Hall–Kier alpha value is -2.95. The van der Waals surface area contributed by atoms with Crippen LogP contribution < -0.4 is 11.2 Å². The molecule has 0 unspecified atom stereocenters. The van der Waals surface area contributed by atoms with E-state index in [4.69, 9.17) is 18.9 Å². The van der Waals surface area contributed by atoms with Crippen molar-refractivity contribution in [2.45, 2.75) is 39.2 Å². The molecule has 11 nitrogen and oxygen atoms in total. The Labute approximate surface area is 153 Å². The van der Waals surface area contributed by atoms with Crippen LogP contribution in [0.15, 0.2) is 21.9 Å². The molecule has 0 aromatic carbocycles. The maximum atomic E-state index is 12.1. The first kappa shape index (κ1) is 20.4. The predicted molar refractivity (Wildman–Crippen MR) is 87.5 cm³/mol. The molecule has 2 heterocycles. The lowest BCUT2D eigenvalue weighted by Crippen LogP contribution is -2.39. The molecule has 1 aliphatic heterocycles. The Bertz CT molecular complexity index is 828. The van der Waals surface area contributed by atoms with E-state index in [0.717, 1.165) is 10.6 Å². The first-order valence-electron chi connectivity index (χ1n) is 8.10. The highest BCUT2D eigenvalue weighted by atomic mass is 16.6. The van der Waals surface area contributed by atoms with Crippen LogP contribution >= 0.6 is 0 Å². The summed E-state index contributed by atoms with van der Waals surface area (Å²) >= 11 is 0. The van der Waals surface area contributed by atoms with Crippen LogP contribution in [0.4, 0.5) is 0 Å². The van der Waals surface area contributed by atoms with E-state index in [1.807, 2.05) is 0 Å².